The molecule has 0 aliphatic heterocycles. The van der Waals surface area contributed by atoms with Gasteiger partial charge in [-0.05, 0) is 42.8 Å². The van der Waals surface area contributed by atoms with Crippen LogP contribution in [-0.2, 0) is 9.53 Å². The van der Waals surface area contributed by atoms with Gasteiger partial charge >= 0.3 is 11.9 Å². The van der Waals surface area contributed by atoms with Gasteiger partial charge in [-0.1, -0.05) is 18.2 Å². The van der Waals surface area contributed by atoms with Crippen molar-refractivity contribution >= 4 is 18.0 Å². The normalized spacial score (nSPS) is 10.7. The molecule has 0 bridgehead atoms. The first-order valence-electron chi connectivity index (χ1n) is 7.93. The number of carbonyl (C=O) groups is 2. The Hall–Kier alpha value is -3.66. The minimum absolute atomic E-state index is 0.0672. The Bertz CT molecular complexity index is 930. The summed E-state index contributed by atoms with van der Waals surface area (Å²) in [4.78, 5) is 23.8. The number of hydrogen-bond acceptors (Lipinski definition) is 6. The van der Waals surface area contributed by atoms with Crippen molar-refractivity contribution in [3.05, 3.63) is 65.0 Å². The van der Waals surface area contributed by atoms with Crippen molar-refractivity contribution < 1.29 is 28.2 Å². The van der Waals surface area contributed by atoms with Crippen LogP contribution in [0.3, 0.4) is 0 Å². The van der Waals surface area contributed by atoms with Gasteiger partial charge in [0.15, 0.2) is 11.5 Å². The van der Waals surface area contributed by atoms with Crippen LogP contribution in [0, 0.1) is 17.1 Å². The van der Waals surface area contributed by atoms with Gasteiger partial charge in [-0.3, -0.25) is 0 Å². The van der Waals surface area contributed by atoms with E-state index >= 15 is 0 Å². The van der Waals surface area contributed by atoms with Gasteiger partial charge in [-0.25, -0.2) is 14.0 Å². The maximum Gasteiger partial charge on any atom is 0.348 e. The molecule has 0 amide bonds. The number of methoxy groups -OCH3 is 1. The van der Waals surface area contributed by atoms with Crippen LogP contribution in [-0.4, -0.2) is 25.7 Å². The third-order valence-electron chi connectivity index (χ3n) is 3.41. The average Bonchev–Trinajstić information content (AvgIpc) is 2.67. The average molecular weight is 369 g/mol. The minimum atomic E-state index is -0.876. The van der Waals surface area contributed by atoms with Crippen LogP contribution in [0.5, 0.6) is 11.5 Å². The number of benzene rings is 2. The van der Waals surface area contributed by atoms with Crippen LogP contribution >= 0.6 is 0 Å². The number of nitrogens with zero attached hydrogens (tertiary/aromatic N) is 1. The molecule has 138 valence electrons. The lowest BCUT2D eigenvalue weighted by molar-refractivity contribution is -0.137. The van der Waals surface area contributed by atoms with E-state index in [4.69, 9.17) is 19.5 Å². The van der Waals surface area contributed by atoms with Gasteiger partial charge < -0.3 is 14.2 Å². The predicted molar refractivity (Wildman–Crippen MR) is 94.6 cm³/mol. The Kier molecular flexibility index (Phi) is 6.67. The number of esters is 2. The van der Waals surface area contributed by atoms with Gasteiger partial charge in [0.25, 0.3) is 0 Å². The molecular weight excluding hydrogens is 353 g/mol. The van der Waals surface area contributed by atoms with E-state index < -0.39 is 17.8 Å². The summed E-state index contributed by atoms with van der Waals surface area (Å²) in [5.74, 6) is -2.07. The minimum Gasteiger partial charge on any atom is -0.493 e. The molecule has 0 heterocycles. The molecule has 0 spiro atoms. The van der Waals surface area contributed by atoms with Crippen LogP contribution in [0.15, 0.2) is 48.0 Å². The molecule has 0 unspecified atom stereocenters. The van der Waals surface area contributed by atoms with E-state index in [9.17, 15) is 14.0 Å². The number of hydrogen-bond donors (Lipinski definition) is 0. The highest BCUT2D eigenvalue weighted by molar-refractivity contribution is 5.98. The Morgan fingerprint density at radius 1 is 1.19 bits per heavy atom. The van der Waals surface area contributed by atoms with Crippen LogP contribution in [0.2, 0.25) is 0 Å². The number of nitriles is 1. The lowest BCUT2D eigenvalue weighted by Gasteiger charge is -2.10. The quantitative estimate of drug-likeness (QED) is 0.335. The van der Waals surface area contributed by atoms with Crippen molar-refractivity contribution in [1.82, 2.24) is 0 Å². The summed E-state index contributed by atoms with van der Waals surface area (Å²) in [5, 5.41) is 9.08. The Morgan fingerprint density at radius 3 is 2.56 bits per heavy atom. The molecule has 0 saturated heterocycles. The number of halogens is 1. The zero-order valence-corrected chi connectivity index (χ0v) is 14.7. The monoisotopic (exact) mass is 369 g/mol. The molecule has 0 N–H and O–H groups in total. The van der Waals surface area contributed by atoms with E-state index in [1.807, 2.05) is 0 Å². The molecule has 2 aromatic carbocycles. The van der Waals surface area contributed by atoms with E-state index in [1.165, 1.54) is 49.6 Å². The van der Waals surface area contributed by atoms with Crippen molar-refractivity contribution in [1.29, 1.82) is 5.26 Å². The van der Waals surface area contributed by atoms with Gasteiger partial charge in [0.05, 0.1) is 19.3 Å². The fourth-order valence-corrected chi connectivity index (χ4v) is 2.15. The summed E-state index contributed by atoms with van der Waals surface area (Å²) < 4.78 is 28.9. The zero-order chi connectivity index (χ0) is 19.8. The molecule has 2 aromatic rings. The van der Waals surface area contributed by atoms with Crippen molar-refractivity contribution in [2.75, 3.05) is 13.7 Å². The number of rotatable bonds is 6. The third-order valence-corrected chi connectivity index (χ3v) is 3.41. The van der Waals surface area contributed by atoms with Gasteiger partial charge in [0.2, 0.25) is 0 Å². The highest BCUT2D eigenvalue weighted by atomic mass is 19.1. The van der Waals surface area contributed by atoms with Gasteiger partial charge in [0.1, 0.15) is 17.5 Å². The Labute approximate surface area is 155 Å². The van der Waals surface area contributed by atoms with Crippen molar-refractivity contribution in [3.8, 4) is 17.6 Å². The highest BCUT2D eigenvalue weighted by Crippen LogP contribution is 2.30. The molecule has 0 radical (unpaired) electrons. The maximum absolute atomic E-state index is 13.7. The zero-order valence-electron chi connectivity index (χ0n) is 14.7. The van der Waals surface area contributed by atoms with Crippen molar-refractivity contribution in [2.24, 2.45) is 0 Å². The second kappa shape index (κ2) is 9.15. The van der Waals surface area contributed by atoms with Gasteiger partial charge in [0, 0.05) is 0 Å². The lowest BCUT2D eigenvalue weighted by atomic mass is 10.1. The van der Waals surface area contributed by atoms with Crippen LogP contribution in [0.1, 0.15) is 22.8 Å². The van der Waals surface area contributed by atoms with Crippen molar-refractivity contribution in [3.63, 3.8) is 0 Å². The largest absolute Gasteiger partial charge is 0.493 e. The van der Waals surface area contributed by atoms with Crippen molar-refractivity contribution in [2.45, 2.75) is 6.92 Å². The molecule has 0 aliphatic carbocycles. The highest BCUT2D eigenvalue weighted by Gasteiger charge is 2.16. The molecular formula is C20H16FNO5. The summed E-state index contributed by atoms with van der Waals surface area (Å²) in [6.07, 6.45) is 1.32. The van der Waals surface area contributed by atoms with Crippen LogP contribution in [0.4, 0.5) is 4.39 Å². The molecule has 0 atom stereocenters. The molecule has 27 heavy (non-hydrogen) atoms. The van der Waals surface area contributed by atoms with E-state index in [1.54, 1.807) is 13.0 Å². The van der Waals surface area contributed by atoms with Crippen LogP contribution < -0.4 is 9.47 Å². The Balaban J connectivity index is 2.29. The van der Waals surface area contributed by atoms with Gasteiger partial charge in [-0.15, -0.1) is 0 Å². The summed E-state index contributed by atoms with van der Waals surface area (Å²) in [7, 11) is 1.36. The molecule has 6 nitrogen and oxygen atoms in total. The first kappa shape index (κ1) is 19.7. The van der Waals surface area contributed by atoms with E-state index in [2.05, 4.69) is 0 Å². The molecule has 0 fully saturated rings. The summed E-state index contributed by atoms with van der Waals surface area (Å²) in [6, 6.07) is 11.6. The SMILES string of the molecule is CCOC(=O)/C(C#N)=C\c1ccc(OC(=O)c2ccccc2F)c(OC)c1. The van der Waals surface area contributed by atoms with E-state index in [0.29, 0.717) is 5.56 Å². The van der Waals surface area contributed by atoms with E-state index in [0.717, 1.165) is 6.07 Å². The van der Waals surface area contributed by atoms with E-state index in [-0.39, 0.29) is 29.2 Å². The summed E-state index contributed by atoms with van der Waals surface area (Å²) >= 11 is 0. The van der Waals surface area contributed by atoms with Gasteiger partial charge in [-0.2, -0.15) is 5.26 Å². The number of carbonyl (C=O) groups excluding carboxylic acids is 2. The second-order valence-corrected chi connectivity index (χ2v) is 5.17. The third kappa shape index (κ3) is 4.92. The predicted octanol–water partition coefficient (Wildman–Crippen LogP) is 3.52. The first-order chi connectivity index (χ1) is 13.0. The first-order valence-corrected chi connectivity index (χ1v) is 7.93. The Morgan fingerprint density at radius 2 is 1.93 bits per heavy atom. The molecule has 7 heteroatoms. The maximum atomic E-state index is 13.7. The second-order valence-electron chi connectivity index (χ2n) is 5.17. The fourth-order valence-electron chi connectivity index (χ4n) is 2.15. The molecule has 2 rings (SSSR count). The van der Waals surface area contributed by atoms with Crippen LogP contribution in [0.25, 0.3) is 6.08 Å². The molecule has 0 aromatic heterocycles. The lowest BCUT2D eigenvalue weighted by Crippen LogP contribution is -2.11. The summed E-state index contributed by atoms with van der Waals surface area (Å²) in [6.45, 7) is 1.78. The summed E-state index contributed by atoms with van der Waals surface area (Å²) in [5.41, 5.74) is 0.0646. The fraction of sp³-hybridized carbons (Fsp3) is 0.150. The standard InChI is InChI=1S/C20H16FNO5/c1-3-26-19(23)14(12-22)10-13-8-9-17(18(11-13)25-2)27-20(24)15-6-4-5-7-16(15)21/h4-11H,3H2,1-2H3/b14-10-. The number of ether oxygens (including phenoxy) is 3. The smallest absolute Gasteiger partial charge is 0.348 e. The molecule has 0 saturated carbocycles. The topological polar surface area (TPSA) is 85.6 Å². The molecule has 0 aliphatic rings.